The first-order valence-corrected chi connectivity index (χ1v) is 11.1. The summed E-state index contributed by atoms with van der Waals surface area (Å²) in [6.45, 7) is 4.79. The number of amides is 2. The molecule has 0 aliphatic rings. The summed E-state index contributed by atoms with van der Waals surface area (Å²) in [6.07, 6.45) is 3.66. The summed E-state index contributed by atoms with van der Waals surface area (Å²) < 4.78 is 5.32. The molecule has 0 aliphatic heterocycles. The summed E-state index contributed by atoms with van der Waals surface area (Å²) in [5.74, 6) is 0.781. The van der Waals surface area contributed by atoms with Crippen LogP contribution in [0.5, 0.6) is 5.75 Å². The lowest BCUT2D eigenvalue weighted by Gasteiger charge is -2.27. The monoisotopic (exact) mass is 450 g/mol. The Morgan fingerprint density at radius 1 is 1.09 bits per heavy atom. The second-order valence-electron chi connectivity index (χ2n) is 8.24. The van der Waals surface area contributed by atoms with E-state index in [1.54, 1.807) is 18.2 Å². The van der Waals surface area contributed by atoms with Crippen LogP contribution in [0.15, 0.2) is 54.9 Å². The number of methoxy groups -OCH3 is 1. The van der Waals surface area contributed by atoms with Crippen molar-refractivity contribution >= 4 is 17.4 Å². The van der Waals surface area contributed by atoms with Crippen LogP contribution in [0.3, 0.4) is 0 Å². The molecule has 0 spiro atoms. The maximum Gasteiger partial charge on any atom is 0.322 e. The van der Waals surface area contributed by atoms with Crippen LogP contribution >= 0.6 is 0 Å². The number of carbonyl (C=O) groups excluding carboxylic acids is 1. The number of carbonyl (C=O) groups is 1. The number of nitrogens with zero attached hydrogens (tertiary/aromatic N) is 4. The SMILES string of the molecule is CCN(Cc1cccc(OC)c1)C(=O)Nc1ccc(-c2cn[nH]c2)cc1N(C)CCN(C)C. The summed E-state index contributed by atoms with van der Waals surface area (Å²) >= 11 is 0. The molecule has 0 unspecified atom stereocenters. The van der Waals surface area contributed by atoms with Crippen molar-refractivity contribution in [2.45, 2.75) is 13.5 Å². The highest BCUT2D eigenvalue weighted by molar-refractivity contribution is 5.94. The van der Waals surface area contributed by atoms with E-state index >= 15 is 0 Å². The molecule has 2 N–H and O–H groups in total. The van der Waals surface area contributed by atoms with E-state index in [0.717, 1.165) is 46.9 Å². The first kappa shape index (κ1) is 24.1. The Bertz CT molecular complexity index is 1040. The van der Waals surface area contributed by atoms with Gasteiger partial charge >= 0.3 is 6.03 Å². The van der Waals surface area contributed by atoms with Crippen LogP contribution in [0.2, 0.25) is 0 Å². The van der Waals surface area contributed by atoms with Crippen LogP contribution < -0.4 is 15.0 Å². The average molecular weight is 451 g/mol. The van der Waals surface area contributed by atoms with Gasteiger partial charge in [0.1, 0.15) is 5.75 Å². The number of hydrogen-bond acceptors (Lipinski definition) is 5. The first-order valence-electron chi connectivity index (χ1n) is 11.1. The number of rotatable bonds is 10. The molecule has 0 radical (unpaired) electrons. The van der Waals surface area contributed by atoms with Crippen molar-refractivity contribution in [2.24, 2.45) is 0 Å². The molecular weight excluding hydrogens is 416 g/mol. The molecule has 0 atom stereocenters. The van der Waals surface area contributed by atoms with Gasteiger partial charge in [0.2, 0.25) is 0 Å². The second-order valence-corrected chi connectivity index (χ2v) is 8.24. The number of anilines is 2. The molecule has 0 aliphatic carbocycles. The maximum absolute atomic E-state index is 13.2. The van der Waals surface area contributed by atoms with Crippen molar-refractivity contribution in [3.8, 4) is 16.9 Å². The highest BCUT2D eigenvalue weighted by Gasteiger charge is 2.17. The van der Waals surface area contributed by atoms with Crippen molar-refractivity contribution in [1.29, 1.82) is 0 Å². The number of nitrogens with one attached hydrogen (secondary N) is 2. The summed E-state index contributed by atoms with van der Waals surface area (Å²) in [4.78, 5) is 19.3. The molecule has 8 nitrogen and oxygen atoms in total. The number of likely N-dealkylation sites (N-methyl/N-ethyl adjacent to an activating group) is 2. The second kappa shape index (κ2) is 11.4. The fourth-order valence-corrected chi connectivity index (χ4v) is 3.52. The van der Waals surface area contributed by atoms with E-state index in [1.165, 1.54) is 0 Å². The highest BCUT2D eigenvalue weighted by atomic mass is 16.5. The fraction of sp³-hybridized carbons (Fsp3) is 0.360. The Morgan fingerprint density at radius 2 is 1.91 bits per heavy atom. The lowest BCUT2D eigenvalue weighted by atomic mass is 10.1. The third-order valence-electron chi connectivity index (χ3n) is 5.54. The molecule has 0 bridgehead atoms. The topological polar surface area (TPSA) is 76.7 Å². The Kier molecular flexibility index (Phi) is 8.32. The van der Waals surface area contributed by atoms with Crippen LogP contribution in [-0.2, 0) is 6.54 Å². The molecule has 1 aromatic heterocycles. The van der Waals surface area contributed by atoms with E-state index in [2.05, 4.69) is 45.5 Å². The standard InChI is InChI=1S/C25H34N6O2/c1-6-31(18-19-8-7-9-22(14-19)33-5)25(32)28-23-11-10-20(21-16-26-27-17-21)15-24(23)30(4)13-12-29(2)3/h7-11,14-17H,6,12-13,18H2,1-5H3,(H,26,27)(H,28,32). The predicted molar refractivity (Wildman–Crippen MR) is 134 cm³/mol. The lowest BCUT2D eigenvalue weighted by Crippen LogP contribution is -2.35. The van der Waals surface area contributed by atoms with Gasteiger partial charge in [-0.1, -0.05) is 18.2 Å². The zero-order valence-electron chi connectivity index (χ0n) is 20.1. The number of aromatic nitrogens is 2. The Labute approximate surface area is 196 Å². The molecule has 2 aromatic carbocycles. The van der Waals surface area contributed by atoms with Crippen molar-refractivity contribution in [2.75, 3.05) is 58.1 Å². The van der Waals surface area contributed by atoms with Crippen LogP contribution in [0, 0.1) is 0 Å². The van der Waals surface area contributed by atoms with E-state index in [-0.39, 0.29) is 6.03 Å². The van der Waals surface area contributed by atoms with Gasteiger partial charge in [-0.2, -0.15) is 5.10 Å². The zero-order valence-corrected chi connectivity index (χ0v) is 20.1. The van der Waals surface area contributed by atoms with Crippen molar-refractivity contribution in [3.05, 3.63) is 60.4 Å². The third kappa shape index (κ3) is 6.49. The van der Waals surface area contributed by atoms with Gasteiger partial charge in [0.25, 0.3) is 0 Å². The van der Waals surface area contributed by atoms with Crippen molar-refractivity contribution in [1.82, 2.24) is 20.0 Å². The molecule has 176 valence electrons. The van der Waals surface area contributed by atoms with Crippen molar-refractivity contribution < 1.29 is 9.53 Å². The summed E-state index contributed by atoms with van der Waals surface area (Å²) in [5.41, 5.74) is 4.80. The zero-order chi connectivity index (χ0) is 23.8. The number of benzene rings is 2. The molecule has 0 saturated heterocycles. The number of aromatic amines is 1. The predicted octanol–water partition coefficient (Wildman–Crippen LogP) is 4.14. The number of H-pyrrole nitrogens is 1. The molecule has 2 amide bonds. The fourth-order valence-electron chi connectivity index (χ4n) is 3.52. The van der Waals surface area contributed by atoms with E-state index in [1.807, 2.05) is 56.6 Å². The van der Waals surface area contributed by atoms with Gasteiger partial charge in [-0.3, -0.25) is 5.10 Å². The molecule has 3 rings (SSSR count). The molecule has 1 heterocycles. The quantitative estimate of drug-likeness (QED) is 0.486. The number of ether oxygens (including phenoxy) is 1. The van der Waals surface area contributed by atoms with Crippen molar-refractivity contribution in [3.63, 3.8) is 0 Å². The van der Waals surface area contributed by atoms with Gasteiger partial charge in [-0.25, -0.2) is 4.79 Å². The van der Waals surface area contributed by atoms with Crippen LogP contribution in [0.4, 0.5) is 16.2 Å². The van der Waals surface area contributed by atoms with E-state index in [9.17, 15) is 4.79 Å². The van der Waals surface area contributed by atoms with Gasteiger partial charge in [0.05, 0.1) is 24.7 Å². The first-order chi connectivity index (χ1) is 15.9. The largest absolute Gasteiger partial charge is 0.497 e. The van der Waals surface area contributed by atoms with Gasteiger partial charge < -0.3 is 24.8 Å². The summed E-state index contributed by atoms with van der Waals surface area (Å²) in [7, 11) is 7.79. The average Bonchev–Trinajstić information content (AvgIpc) is 3.36. The maximum atomic E-state index is 13.2. The van der Waals surface area contributed by atoms with Gasteiger partial charge in [-0.05, 0) is 56.4 Å². The Balaban J connectivity index is 1.82. The molecule has 0 fully saturated rings. The van der Waals surface area contributed by atoms with Gasteiger partial charge in [-0.15, -0.1) is 0 Å². The number of hydrogen-bond donors (Lipinski definition) is 2. The molecule has 3 aromatic rings. The van der Waals surface area contributed by atoms with E-state index in [4.69, 9.17) is 4.74 Å². The van der Waals surface area contributed by atoms with E-state index < -0.39 is 0 Å². The normalized spacial score (nSPS) is 10.8. The van der Waals surface area contributed by atoms with E-state index in [0.29, 0.717) is 13.1 Å². The molecule has 33 heavy (non-hydrogen) atoms. The van der Waals surface area contributed by atoms with Gasteiger partial charge in [0.15, 0.2) is 0 Å². The Morgan fingerprint density at radius 3 is 2.58 bits per heavy atom. The smallest absolute Gasteiger partial charge is 0.322 e. The van der Waals surface area contributed by atoms with Gasteiger partial charge in [0, 0.05) is 45.0 Å². The summed E-state index contributed by atoms with van der Waals surface area (Å²) in [5, 5.41) is 10.0. The summed E-state index contributed by atoms with van der Waals surface area (Å²) in [6, 6.07) is 13.7. The Hall–Kier alpha value is -3.52. The highest BCUT2D eigenvalue weighted by Crippen LogP contribution is 2.31. The minimum Gasteiger partial charge on any atom is -0.497 e. The van der Waals surface area contributed by atoms with Crippen LogP contribution in [0.1, 0.15) is 12.5 Å². The minimum atomic E-state index is -0.140. The number of urea groups is 1. The molecular formula is C25H34N6O2. The van der Waals surface area contributed by atoms with Crippen LogP contribution in [-0.4, -0.2) is 73.9 Å². The minimum absolute atomic E-state index is 0.140. The third-order valence-corrected chi connectivity index (χ3v) is 5.54. The van der Waals surface area contributed by atoms with Crippen LogP contribution in [0.25, 0.3) is 11.1 Å². The molecule has 0 saturated carbocycles. The lowest BCUT2D eigenvalue weighted by molar-refractivity contribution is 0.212. The molecule has 8 heteroatoms.